The lowest BCUT2D eigenvalue weighted by Gasteiger charge is -2.10. The van der Waals surface area contributed by atoms with Gasteiger partial charge in [-0.25, -0.2) is 4.79 Å². The number of hydrogen-bond donors (Lipinski definition) is 1. The SMILES string of the molecule is CCCc1nc(CN2Cc3ccc(C(=O)O)cc3C2)no1. The molecule has 0 radical (unpaired) electrons. The molecule has 1 aliphatic heterocycles. The predicted molar refractivity (Wildman–Crippen MR) is 74.6 cm³/mol. The molecular formula is C15H17N3O3. The number of aryl methyl sites for hydroxylation is 1. The van der Waals surface area contributed by atoms with Crippen LogP contribution in [-0.2, 0) is 26.1 Å². The maximum Gasteiger partial charge on any atom is 0.335 e. The molecule has 0 amide bonds. The van der Waals surface area contributed by atoms with Crippen molar-refractivity contribution in [3.63, 3.8) is 0 Å². The summed E-state index contributed by atoms with van der Waals surface area (Å²) < 4.78 is 5.18. The van der Waals surface area contributed by atoms with Gasteiger partial charge in [0, 0.05) is 19.5 Å². The maximum atomic E-state index is 11.0. The van der Waals surface area contributed by atoms with E-state index in [2.05, 4.69) is 22.0 Å². The van der Waals surface area contributed by atoms with Gasteiger partial charge >= 0.3 is 5.97 Å². The molecule has 21 heavy (non-hydrogen) atoms. The summed E-state index contributed by atoms with van der Waals surface area (Å²) in [4.78, 5) is 17.5. The van der Waals surface area contributed by atoms with Crippen molar-refractivity contribution in [2.24, 2.45) is 0 Å². The Kier molecular flexibility index (Phi) is 3.70. The number of aromatic nitrogens is 2. The first-order chi connectivity index (χ1) is 10.2. The third kappa shape index (κ3) is 2.95. The Bertz CT molecular complexity index is 666. The molecule has 3 rings (SSSR count). The second-order valence-electron chi connectivity index (χ2n) is 5.29. The van der Waals surface area contributed by atoms with E-state index in [0.29, 0.717) is 30.4 Å². The van der Waals surface area contributed by atoms with Crippen LogP contribution in [-0.4, -0.2) is 26.1 Å². The van der Waals surface area contributed by atoms with Gasteiger partial charge in [0.25, 0.3) is 0 Å². The summed E-state index contributed by atoms with van der Waals surface area (Å²) in [5.41, 5.74) is 2.56. The molecule has 0 saturated heterocycles. The third-order valence-electron chi connectivity index (χ3n) is 3.58. The number of fused-ring (bicyclic) bond motifs is 1. The Labute approximate surface area is 122 Å². The van der Waals surface area contributed by atoms with Crippen molar-refractivity contribution in [2.75, 3.05) is 0 Å². The number of carboxylic acids is 1. The van der Waals surface area contributed by atoms with Crippen molar-refractivity contribution in [3.05, 3.63) is 46.6 Å². The lowest BCUT2D eigenvalue weighted by atomic mass is 10.1. The summed E-state index contributed by atoms with van der Waals surface area (Å²) in [6.45, 7) is 4.19. The molecule has 110 valence electrons. The van der Waals surface area contributed by atoms with Crippen LogP contribution >= 0.6 is 0 Å². The van der Waals surface area contributed by atoms with Crippen molar-refractivity contribution in [1.29, 1.82) is 0 Å². The number of carbonyl (C=O) groups is 1. The fourth-order valence-electron chi connectivity index (χ4n) is 2.58. The number of benzene rings is 1. The summed E-state index contributed by atoms with van der Waals surface area (Å²) >= 11 is 0. The molecule has 2 heterocycles. The van der Waals surface area contributed by atoms with Crippen LogP contribution < -0.4 is 0 Å². The topological polar surface area (TPSA) is 79.5 Å². The van der Waals surface area contributed by atoms with Crippen LogP contribution in [0.2, 0.25) is 0 Å². The van der Waals surface area contributed by atoms with Crippen molar-refractivity contribution < 1.29 is 14.4 Å². The summed E-state index contributed by atoms with van der Waals surface area (Å²) in [7, 11) is 0. The number of carboxylic acid groups (broad SMARTS) is 1. The molecule has 0 unspecified atom stereocenters. The molecule has 6 nitrogen and oxygen atoms in total. The highest BCUT2D eigenvalue weighted by molar-refractivity contribution is 5.87. The van der Waals surface area contributed by atoms with E-state index in [1.807, 2.05) is 6.07 Å². The standard InChI is InChI=1S/C15H17N3O3/c1-2-3-14-16-13(17-21-14)9-18-7-11-5-4-10(15(19)20)6-12(11)8-18/h4-6H,2-3,7-9H2,1H3,(H,19,20). The first kappa shape index (κ1) is 13.8. The normalized spacial score (nSPS) is 14.3. The molecule has 6 heteroatoms. The van der Waals surface area contributed by atoms with Crippen LogP contribution in [0.1, 0.15) is 46.5 Å². The average molecular weight is 287 g/mol. The zero-order valence-corrected chi connectivity index (χ0v) is 11.9. The van der Waals surface area contributed by atoms with E-state index in [0.717, 1.165) is 30.5 Å². The molecule has 0 spiro atoms. The van der Waals surface area contributed by atoms with Crippen molar-refractivity contribution in [1.82, 2.24) is 15.0 Å². The molecule has 0 aliphatic carbocycles. The predicted octanol–water partition coefficient (Wildman–Crippen LogP) is 2.24. The summed E-state index contributed by atoms with van der Waals surface area (Å²) in [5, 5.41) is 13.0. The van der Waals surface area contributed by atoms with Gasteiger partial charge in [-0.1, -0.05) is 18.1 Å². The van der Waals surface area contributed by atoms with E-state index in [9.17, 15) is 4.79 Å². The minimum Gasteiger partial charge on any atom is -0.478 e. The Morgan fingerprint density at radius 1 is 1.38 bits per heavy atom. The Morgan fingerprint density at radius 3 is 2.95 bits per heavy atom. The molecule has 2 aromatic rings. The van der Waals surface area contributed by atoms with Crippen molar-refractivity contribution >= 4 is 5.97 Å². The molecule has 0 bridgehead atoms. The number of hydrogen-bond acceptors (Lipinski definition) is 5. The zero-order chi connectivity index (χ0) is 14.8. The molecule has 1 aliphatic rings. The van der Waals surface area contributed by atoms with Crippen LogP contribution in [0.25, 0.3) is 0 Å². The minimum atomic E-state index is -0.890. The van der Waals surface area contributed by atoms with Crippen molar-refractivity contribution in [3.8, 4) is 0 Å². The van der Waals surface area contributed by atoms with E-state index < -0.39 is 5.97 Å². The van der Waals surface area contributed by atoms with Gasteiger partial charge in [0.2, 0.25) is 5.89 Å². The molecule has 1 aromatic heterocycles. The van der Waals surface area contributed by atoms with Crippen LogP contribution in [0, 0.1) is 0 Å². The first-order valence-electron chi connectivity index (χ1n) is 7.04. The fourth-order valence-corrected chi connectivity index (χ4v) is 2.58. The Balaban J connectivity index is 1.68. The second kappa shape index (κ2) is 5.65. The quantitative estimate of drug-likeness (QED) is 0.908. The largest absolute Gasteiger partial charge is 0.478 e. The van der Waals surface area contributed by atoms with Crippen LogP contribution in [0.3, 0.4) is 0 Å². The highest BCUT2D eigenvalue weighted by atomic mass is 16.5. The van der Waals surface area contributed by atoms with Gasteiger partial charge in [0.1, 0.15) is 0 Å². The molecule has 0 saturated carbocycles. The minimum absolute atomic E-state index is 0.334. The van der Waals surface area contributed by atoms with E-state index in [4.69, 9.17) is 9.63 Å². The lowest BCUT2D eigenvalue weighted by molar-refractivity contribution is 0.0696. The maximum absolute atomic E-state index is 11.0. The molecular weight excluding hydrogens is 270 g/mol. The number of aromatic carboxylic acids is 1. The highest BCUT2D eigenvalue weighted by Gasteiger charge is 2.21. The Morgan fingerprint density at radius 2 is 2.19 bits per heavy atom. The first-order valence-corrected chi connectivity index (χ1v) is 7.04. The van der Waals surface area contributed by atoms with Crippen LogP contribution in [0.5, 0.6) is 0 Å². The average Bonchev–Trinajstić information content (AvgIpc) is 3.04. The number of nitrogens with zero attached hydrogens (tertiary/aromatic N) is 3. The zero-order valence-electron chi connectivity index (χ0n) is 11.9. The fraction of sp³-hybridized carbons (Fsp3) is 0.400. The van der Waals surface area contributed by atoms with Gasteiger partial charge in [0.05, 0.1) is 12.1 Å². The van der Waals surface area contributed by atoms with Gasteiger partial charge in [-0.3, -0.25) is 4.90 Å². The number of rotatable bonds is 5. The molecule has 0 atom stereocenters. The van der Waals surface area contributed by atoms with Gasteiger partial charge in [-0.2, -0.15) is 4.98 Å². The van der Waals surface area contributed by atoms with E-state index in [1.165, 1.54) is 0 Å². The smallest absolute Gasteiger partial charge is 0.335 e. The second-order valence-corrected chi connectivity index (χ2v) is 5.29. The summed E-state index contributed by atoms with van der Waals surface area (Å²) in [6, 6.07) is 5.28. The molecule has 1 aromatic carbocycles. The van der Waals surface area contributed by atoms with E-state index in [-0.39, 0.29) is 0 Å². The van der Waals surface area contributed by atoms with Gasteiger partial charge < -0.3 is 9.63 Å². The monoisotopic (exact) mass is 287 g/mol. The van der Waals surface area contributed by atoms with Gasteiger partial charge in [-0.05, 0) is 29.7 Å². The molecule has 1 N–H and O–H groups in total. The van der Waals surface area contributed by atoms with Crippen LogP contribution in [0.15, 0.2) is 22.7 Å². The summed E-state index contributed by atoms with van der Waals surface area (Å²) in [5.74, 6) is 0.473. The van der Waals surface area contributed by atoms with Crippen LogP contribution in [0.4, 0.5) is 0 Å². The van der Waals surface area contributed by atoms with E-state index in [1.54, 1.807) is 12.1 Å². The lowest BCUT2D eigenvalue weighted by Crippen LogP contribution is -2.16. The van der Waals surface area contributed by atoms with Crippen molar-refractivity contribution in [2.45, 2.75) is 39.4 Å². The van der Waals surface area contributed by atoms with E-state index >= 15 is 0 Å². The van der Waals surface area contributed by atoms with Gasteiger partial charge in [-0.15, -0.1) is 0 Å². The molecule has 0 fully saturated rings. The third-order valence-corrected chi connectivity index (χ3v) is 3.58. The van der Waals surface area contributed by atoms with Gasteiger partial charge in [0.15, 0.2) is 5.82 Å². The Hall–Kier alpha value is -2.21. The highest BCUT2D eigenvalue weighted by Crippen LogP contribution is 2.25. The summed E-state index contributed by atoms with van der Waals surface area (Å²) in [6.07, 6.45) is 1.78.